The van der Waals surface area contributed by atoms with Gasteiger partial charge in [0.25, 0.3) is 0 Å². The monoisotopic (exact) mass is 216 g/mol. The second kappa shape index (κ2) is 4.41. The molecule has 0 radical (unpaired) electrons. The molecule has 1 unspecified atom stereocenters. The highest BCUT2D eigenvalue weighted by Crippen LogP contribution is 2.26. The third kappa shape index (κ3) is 2.70. The molecule has 5 heteroatoms. The number of amidine groups is 1. The maximum Gasteiger partial charge on any atom is 0.139 e. The Morgan fingerprint density at radius 1 is 1.50 bits per heavy atom. The Morgan fingerprint density at radius 2 is 2.14 bits per heavy atom. The maximum atomic E-state index is 13.1. The first-order chi connectivity index (χ1) is 6.50. The average molecular weight is 216 g/mol. The van der Waals surface area contributed by atoms with Crippen LogP contribution in [0.2, 0.25) is 0 Å². The molecule has 0 saturated heterocycles. The van der Waals surface area contributed by atoms with Crippen molar-refractivity contribution >= 4 is 17.6 Å². The lowest BCUT2D eigenvalue weighted by Gasteiger charge is -2.09. The summed E-state index contributed by atoms with van der Waals surface area (Å²) in [5.41, 5.74) is 5.23. The summed E-state index contributed by atoms with van der Waals surface area (Å²) in [6, 6.07) is 3.34. The van der Waals surface area contributed by atoms with Gasteiger partial charge in [-0.2, -0.15) is 0 Å². The van der Waals surface area contributed by atoms with Gasteiger partial charge in [-0.05, 0) is 19.1 Å². The van der Waals surface area contributed by atoms with Crippen molar-refractivity contribution in [2.75, 3.05) is 0 Å². The predicted octanol–water partition coefficient (Wildman–Crippen LogP) is 2.38. The van der Waals surface area contributed by atoms with Gasteiger partial charge in [-0.3, -0.25) is 5.41 Å². The van der Waals surface area contributed by atoms with E-state index in [0.717, 1.165) is 17.8 Å². The van der Waals surface area contributed by atoms with Crippen molar-refractivity contribution in [3.63, 3.8) is 0 Å². The Kier molecular flexibility index (Phi) is 3.46. The van der Waals surface area contributed by atoms with E-state index in [9.17, 15) is 8.78 Å². The van der Waals surface area contributed by atoms with E-state index in [1.807, 2.05) is 0 Å². The van der Waals surface area contributed by atoms with Gasteiger partial charge in [-0.25, -0.2) is 8.78 Å². The highest BCUT2D eigenvalue weighted by Gasteiger charge is 2.11. The number of thioether (sulfide) groups is 1. The fourth-order valence-electron chi connectivity index (χ4n) is 0.825. The molecule has 0 heterocycles. The first-order valence-corrected chi connectivity index (χ1v) is 4.84. The molecule has 0 saturated carbocycles. The van der Waals surface area contributed by atoms with Crippen LogP contribution in [0.15, 0.2) is 23.1 Å². The second-order valence-electron chi connectivity index (χ2n) is 2.79. The van der Waals surface area contributed by atoms with Gasteiger partial charge < -0.3 is 5.73 Å². The number of rotatable bonds is 3. The van der Waals surface area contributed by atoms with Crippen molar-refractivity contribution in [3.05, 3.63) is 29.8 Å². The minimum Gasteiger partial charge on any atom is -0.387 e. The van der Waals surface area contributed by atoms with Crippen LogP contribution in [0.1, 0.15) is 6.92 Å². The average Bonchev–Trinajstić information content (AvgIpc) is 2.09. The summed E-state index contributed by atoms with van der Waals surface area (Å²) < 4.78 is 25.6. The number of hydrogen-bond donors (Lipinski definition) is 2. The highest BCUT2D eigenvalue weighted by atomic mass is 32.2. The van der Waals surface area contributed by atoms with E-state index in [0.29, 0.717) is 4.90 Å². The molecular weight excluding hydrogens is 206 g/mol. The minimum absolute atomic E-state index is 0.0290. The smallest absolute Gasteiger partial charge is 0.139 e. The van der Waals surface area contributed by atoms with Crippen LogP contribution in [0.5, 0.6) is 0 Å². The summed E-state index contributed by atoms with van der Waals surface area (Å²) >= 11 is 1.10. The lowest BCUT2D eigenvalue weighted by Crippen LogP contribution is -2.21. The quantitative estimate of drug-likeness (QED) is 0.463. The van der Waals surface area contributed by atoms with Crippen LogP contribution < -0.4 is 5.73 Å². The maximum absolute atomic E-state index is 13.1. The Labute approximate surface area is 85.0 Å². The second-order valence-corrected chi connectivity index (χ2v) is 4.17. The molecule has 1 aromatic rings. The van der Waals surface area contributed by atoms with Gasteiger partial charge in [0.15, 0.2) is 0 Å². The summed E-state index contributed by atoms with van der Waals surface area (Å²) in [7, 11) is 0. The van der Waals surface area contributed by atoms with Gasteiger partial charge in [0.1, 0.15) is 17.5 Å². The molecule has 0 aliphatic carbocycles. The van der Waals surface area contributed by atoms with E-state index in [-0.39, 0.29) is 11.1 Å². The van der Waals surface area contributed by atoms with Crippen LogP contribution in [0.3, 0.4) is 0 Å². The van der Waals surface area contributed by atoms with Gasteiger partial charge in [0.05, 0.1) is 5.25 Å². The molecular formula is C9H10F2N2S. The topological polar surface area (TPSA) is 49.9 Å². The van der Waals surface area contributed by atoms with Crippen LogP contribution in [0.4, 0.5) is 8.78 Å². The molecule has 3 N–H and O–H groups in total. The summed E-state index contributed by atoms with van der Waals surface area (Å²) in [4.78, 5) is 0.300. The van der Waals surface area contributed by atoms with Crippen LogP contribution >= 0.6 is 11.8 Å². The fourth-order valence-corrected chi connectivity index (χ4v) is 1.65. The highest BCUT2D eigenvalue weighted by molar-refractivity contribution is 8.00. The van der Waals surface area contributed by atoms with Crippen molar-refractivity contribution in [2.24, 2.45) is 5.73 Å². The standard InChI is InChI=1S/C9H10F2N2S/c1-5(9(12)13)14-8-3-2-6(10)4-7(8)11/h2-5H,1H3,(H3,12,13). The zero-order valence-electron chi connectivity index (χ0n) is 7.55. The molecule has 0 aliphatic heterocycles. The van der Waals surface area contributed by atoms with Crippen LogP contribution in [-0.4, -0.2) is 11.1 Å². The third-order valence-electron chi connectivity index (χ3n) is 1.64. The van der Waals surface area contributed by atoms with E-state index in [1.54, 1.807) is 6.92 Å². The van der Waals surface area contributed by atoms with Crippen molar-refractivity contribution in [1.82, 2.24) is 0 Å². The SMILES string of the molecule is CC(Sc1ccc(F)cc1F)C(=N)N. The number of nitrogens with one attached hydrogen (secondary N) is 1. The predicted molar refractivity (Wildman–Crippen MR) is 53.6 cm³/mol. The third-order valence-corrected chi connectivity index (χ3v) is 2.83. The Morgan fingerprint density at radius 3 is 2.64 bits per heavy atom. The largest absolute Gasteiger partial charge is 0.387 e. The minimum atomic E-state index is -0.622. The number of nitrogens with two attached hydrogens (primary N) is 1. The first kappa shape index (κ1) is 11.0. The van der Waals surface area contributed by atoms with Crippen molar-refractivity contribution in [3.8, 4) is 0 Å². The van der Waals surface area contributed by atoms with Gasteiger partial charge >= 0.3 is 0 Å². The molecule has 0 spiro atoms. The zero-order chi connectivity index (χ0) is 10.7. The first-order valence-electron chi connectivity index (χ1n) is 3.96. The van der Waals surface area contributed by atoms with Crippen molar-refractivity contribution < 1.29 is 8.78 Å². The molecule has 0 fully saturated rings. The zero-order valence-corrected chi connectivity index (χ0v) is 8.37. The molecule has 0 amide bonds. The molecule has 14 heavy (non-hydrogen) atoms. The van der Waals surface area contributed by atoms with E-state index >= 15 is 0 Å². The molecule has 0 aliphatic rings. The molecule has 1 rings (SSSR count). The number of benzene rings is 1. The summed E-state index contributed by atoms with van der Waals surface area (Å²) in [5.74, 6) is -1.26. The van der Waals surface area contributed by atoms with Crippen molar-refractivity contribution in [2.45, 2.75) is 17.1 Å². The molecule has 76 valence electrons. The van der Waals surface area contributed by atoms with Crippen molar-refractivity contribution in [1.29, 1.82) is 5.41 Å². The molecule has 1 aromatic carbocycles. The van der Waals surface area contributed by atoms with Crippen LogP contribution in [-0.2, 0) is 0 Å². The Balaban J connectivity index is 2.82. The van der Waals surface area contributed by atoms with Gasteiger partial charge in [-0.15, -0.1) is 11.8 Å². The van der Waals surface area contributed by atoms with Gasteiger partial charge in [0, 0.05) is 11.0 Å². The lowest BCUT2D eigenvalue weighted by atomic mass is 10.3. The van der Waals surface area contributed by atoms with Gasteiger partial charge in [-0.1, -0.05) is 0 Å². The molecule has 2 nitrogen and oxygen atoms in total. The van der Waals surface area contributed by atoms with Crippen LogP contribution in [0, 0.1) is 17.0 Å². The summed E-state index contributed by atoms with van der Waals surface area (Å²) in [5, 5.41) is 6.81. The van der Waals surface area contributed by atoms with Crippen LogP contribution in [0.25, 0.3) is 0 Å². The van der Waals surface area contributed by atoms with E-state index in [1.165, 1.54) is 12.1 Å². The Hall–Kier alpha value is -1.10. The lowest BCUT2D eigenvalue weighted by molar-refractivity contribution is 0.565. The molecule has 1 atom stereocenters. The number of hydrogen-bond acceptors (Lipinski definition) is 2. The molecule has 0 aromatic heterocycles. The van der Waals surface area contributed by atoms with E-state index in [4.69, 9.17) is 11.1 Å². The summed E-state index contributed by atoms with van der Waals surface area (Å²) in [6.45, 7) is 1.69. The Bertz CT molecular complexity index is 355. The summed E-state index contributed by atoms with van der Waals surface area (Å²) in [6.07, 6.45) is 0. The van der Waals surface area contributed by atoms with Gasteiger partial charge in [0.2, 0.25) is 0 Å². The van der Waals surface area contributed by atoms with E-state index in [2.05, 4.69) is 0 Å². The normalized spacial score (nSPS) is 12.5. The number of halogens is 2. The molecule has 0 bridgehead atoms. The van der Waals surface area contributed by atoms with E-state index < -0.39 is 11.6 Å². The fraction of sp³-hybridized carbons (Fsp3) is 0.222.